The van der Waals surface area contributed by atoms with Gasteiger partial charge in [0.25, 0.3) is 5.91 Å². The lowest BCUT2D eigenvalue weighted by atomic mass is 9.91. The highest BCUT2D eigenvalue weighted by atomic mass is 35.5. The Kier molecular flexibility index (Phi) is 7.91. The number of halogens is 2. The SMILES string of the molecule is CC(C)(C)OC(=O)N1CCC(c2c(C(=O)NCc3ccc(Cl)cc3)cnn2-c2ccc(Cl)cc2)CC1. The maximum atomic E-state index is 13.3. The van der Waals surface area contributed by atoms with Gasteiger partial charge in [0.1, 0.15) is 5.60 Å². The van der Waals surface area contributed by atoms with Gasteiger partial charge < -0.3 is 15.0 Å². The molecule has 0 unspecified atom stereocenters. The molecule has 0 radical (unpaired) electrons. The summed E-state index contributed by atoms with van der Waals surface area (Å²) in [4.78, 5) is 27.6. The minimum Gasteiger partial charge on any atom is -0.444 e. The Bertz CT molecular complexity index is 1210. The lowest BCUT2D eigenvalue weighted by molar-refractivity contribution is 0.0203. The average molecular weight is 529 g/mol. The van der Waals surface area contributed by atoms with Crippen molar-refractivity contribution in [2.75, 3.05) is 13.1 Å². The van der Waals surface area contributed by atoms with Gasteiger partial charge in [-0.05, 0) is 75.6 Å². The third-order valence-corrected chi connectivity index (χ3v) is 6.53. The number of likely N-dealkylation sites (tertiary alicyclic amines) is 1. The van der Waals surface area contributed by atoms with Crippen molar-refractivity contribution in [3.63, 3.8) is 0 Å². The number of carbonyl (C=O) groups is 2. The first-order valence-electron chi connectivity index (χ1n) is 11.9. The molecule has 1 fully saturated rings. The first kappa shape index (κ1) is 26.0. The maximum absolute atomic E-state index is 13.3. The van der Waals surface area contributed by atoms with Gasteiger partial charge in [0.2, 0.25) is 0 Å². The number of hydrogen-bond acceptors (Lipinski definition) is 4. The summed E-state index contributed by atoms with van der Waals surface area (Å²) < 4.78 is 7.34. The molecule has 36 heavy (non-hydrogen) atoms. The Hall–Kier alpha value is -3.03. The summed E-state index contributed by atoms with van der Waals surface area (Å²) in [6, 6.07) is 14.7. The lowest BCUT2D eigenvalue weighted by Crippen LogP contribution is -2.41. The van der Waals surface area contributed by atoms with Crippen LogP contribution in [-0.2, 0) is 11.3 Å². The molecule has 0 spiro atoms. The van der Waals surface area contributed by atoms with Crippen LogP contribution in [0.2, 0.25) is 10.0 Å². The van der Waals surface area contributed by atoms with E-state index >= 15 is 0 Å². The summed E-state index contributed by atoms with van der Waals surface area (Å²) in [5.41, 5.74) is 2.58. The van der Waals surface area contributed by atoms with Gasteiger partial charge in [0.15, 0.2) is 0 Å². The third-order valence-electron chi connectivity index (χ3n) is 6.02. The van der Waals surface area contributed by atoms with Crippen molar-refractivity contribution in [2.24, 2.45) is 0 Å². The minimum atomic E-state index is -0.545. The summed E-state index contributed by atoms with van der Waals surface area (Å²) in [5.74, 6) is -0.159. The van der Waals surface area contributed by atoms with Crippen molar-refractivity contribution in [3.8, 4) is 5.69 Å². The van der Waals surface area contributed by atoms with Gasteiger partial charge >= 0.3 is 6.09 Å². The molecule has 4 rings (SSSR count). The molecule has 1 aliphatic heterocycles. The number of carbonyl (C=O) groups excluding carboxylic acids is 2. The molecule has 9 heteroatoms. The second-order valence-corrected chi connectivity index (χ2v) is 10.8. The van der Waals surface area contributed by atoms with E-state index in [9.17, 15) is 9.59 Å². The van der Waals surface area contributed by atoms with Crippen molar-refractivity contribution in [2.45, 2.75) is 51.7 Å². The van der Waals surface area contributed by atoms with Crippen LogP contribution in [0.4, 0.5) is 4.79 Å². The highest BCUT2D eigenvalue weighted by Gasteiger charge is 2.32. The first-order chi connectivity index (χ1) is 17.1. The van der Waals surface area contributed by atoms with Crippen LogP contribution in [0.15, 0.2) is 54.7 Å². The van der Waals surface area contributed by atoms with Crippen molar-refractivity contribution < 1.29 is 14.3 Å². The number of nitrogens with zero attached hydrogens (tertiary/aromatic N) is 3. The molecule has 1 aliphatic rings. The van der Waals surface area contributed by atoms with Gasteiger partial charge in [0.05, 0.1) is 23.1 Å². The molecule has 0 bridgehead atoms. The number of ether oxygens (including phenoxy) is 1. The van der Waals surface area contributed by atoms with Gasteiger partial charge in [-0.3, -0.25) is 4.79 Å². The second-order valence-electron chi connectivity index (χ2n) is 9.88. The van der Waals surface area contributed by atoms with Crippen LogP contribution in [-0.4, -0.2) is 45.4 Å². The highest BCUT2D eigenvalue weighted by Crippen LogP contribution is 2.33. The van der Waals surface area contributed by atoms with E-state index in [-0.39, 0.29) is 17.9 Å². The Morgan fingerprint density at radius 3 is 2.17 bits per heavy atom. The quantitative estimate of drug-likeness (QED) is 0.426. The monoisotopic (exact) mass is 528 g/mol. The van der Waals surface area contributed by atoms with Gasteiger partial charge in [0, 0.05) is 35.6 Å². The van der Waals surface area contributed by atoms with Crippen LogP contribution in [0.1, 0.15) is 61.1 Å². The molecular weight excluding hydrogens is 499 g/mol. The Morgan fingerprint density at radius 1 is 1.00 bits per heavy atom. The number of benzene rings is 2. The van der Waals surface area contributed by atoms with Gasteiger partial charge in [-0.25, -0.2) is 9.48 Å². The highest BCUT2D eigenvalue weighted by molar-refractivity contribution is 6.30. The third kappa shape index (κ3) is 6.39. The largest absolute Gasteiger partial charge is 0.444 e. The zero-order valence-corrected chi connectivity index (χ0v) is 22.1. The number of rotatable bonds is 5. The van der Waals surface area contributed by atoms with E-state index in [0.717, 1.165) is 16.9 Å². The molecule has 0 aliphatic carbocycles. The van der Waals surface area contributed by atoms with E-state index in [2.05, 4.69) is 10.4 Å². The predicted molar refractivity (Wildman–Crippen MR) is 141 cm³/mol. The summed E-state index contributed by atoms with van der Waals surface area (Å²) in [6.45, 7) is 7.03. The van der Waals surface area contributed by atoms with E-state index in [1.807, 2.05) is 45.0 Å². The molecule has 2 heterocycles. The predicted octanol–water partition coefficient (Wildman–Crippen LogP) is 6.22. The number of hydrogen-bond donors (Lipinski definition) is 1. The van der Waals surface area contributed by atoms with E-state index < -0.39 is 5.60 Å². The van der Waals surface area contributed by atoms with E-state index in [0.29, 0.717) is 48.1 Å². The topological polar surface area (TPSA) is 76.5 Å². The molecule has 2 amide bonds. The van der Waals surface area contributed by atoms with E-state index in [4.69, 9.17) is 27.9 Å². The standard InChI is InChI=1S/C27H30Cl2N4O3/c1-27(2,3)36-26(35)32-14-12-19(13-15-32)24-23(17-31-33(24)22-10-8-21(29)9-11-22)25(34)30-16-18-4-6-20(28)7-5-18/h4-11,17,19H,12-16H2,1-3H3,(H,30,34). The van der Waals surface area contributed by atoms with Crippen molar-refractivity contribution in [1.29, 1.82) is 0 Å². The lowest BCUT2D eigenvalue weighted by Gasteiger charge is -2.34. The van der Waals surface area contributed by atoms with Gasteiger partial charge in [-0.15, -0.1) is 0 Å². The van der Waals surface area contributed by atoms with Gasteiger partial charge in [-0.2, -0.15) is 5.10 Å². The molecule has 1 N–H and O–H groups in total. The fourth-order valence-corrected chi connectivity index (χ4v) is 4.51. The number of nitrogens with one attached hydrogen (secondary N) is 1. The number of piperidine rings is 1. The molecule has 3 aromatic rings. The Labute approximate surface area is 221 Å². The van der Waals surface area contributed by atoms with E-state index in [1.54, 1.807) is 40.0 Å². The summed E-state index contributed by atoms with van der Waals surface area (Å²) >= 11 is 12.1. The fourth-order valence-electron chi connectivity index (χ4n) is 4.26. The summed E-state index contributed by atoms with van der Waals surface area (Å²) in [5, 5.41) is 8.84. The number of aromatic nitrogens is 2. The van der Waals surface area contributed by atoms with E-state index in [1.165, 1.54) is 0 Å². The molecular formula is C27H30Cl2N4O3. The zero-order valence-electron chi connectivity index (χ0n) is 20.6. The Balaban J connectivity index is 1.56. The molecule has 1 saturated heterocycles. The molecule has 2 aromatic carbocycles. The first-order valence-corrected chi connectivity index (χ1v) is 12.7. The summed E-state index contributed by atoms with van der Waals surface area (Å²) in [6.07, 6.45) is 2.68. The van der Waals surface area contributed by atoms with Crippen molar-refractivity contribution in [1.82, 2.24) is 20.0 Å². The van der Waals surface area contributed by atoms with Crippen LogP contribution < -0.4 is 5.32 Å². The minimum absolute atomic E-state index is 0.0400. The van der Waals surface area contributed by atoms with Crippen LogP contribution in [0.25, 0.3) is 5.69 Å². The smallest absolute Gasteiger partial charge is 0.410 e. The van der Waals surface area contributed by atoms with Crippen LogP contribution in [0, 0.1) is 0 Å². The molecule has 0 saturated carbocycles. The fraction of sp³-hybridized carbons (Fsp3) is 0.370. The van der Waals surface area contributed by atoms with Crippen molar-refractivity contribution in [3.05, 3.63) is 81.6 Å². The van der Waals surface area contributed by atoms with Crippen molar-refractivity contribution >= 4 is 35.2 Å². The normalized spacial score (nSPS) is 14.5. The molecule has 7 nitrogen and oxygen atoms in total. The average Bonchev–Trinajstić information content (AvgIpc) is 3.28. The number of amides is 2. The summed E-state index contributed by atoms with van der Waals surface area (Å²) in [7, 11) is 0. The van der Waals surface area contributed by atoms with Crippen LogP contribution in [0.5, 0.6) is 0 Å². The van der Waals surface area contributed by atoms with Crippen LogP contribution >= 0.6 is 23.2 Å². The Morgan fingerprint density at radius 2 is 1.58 bits per heavy atom. The maximum Gasteiger partial charge on any atom is 0.410 e. The molecule has 190 valence electrons. The molecule has 0 atom stereocenters. The molecule has 1 aromatic heterocycles. The van der Waals surface area contributed by atoms with Gasteiger partial charge in [-0.1, -0.05) is 35.3 Å². The zero-order chi connectivity index (χ0) is 25.9. The van der Waals surface area contributed by atoms with Crippen LogP contribution in [0.3, 0.4) is 0 Å². The second kappa shape index (κ2) is 10.9.